The molecular formula is C32H28ClN5O3S2. The van der Waals surface area contributed by atoms with E-state index in [2.05, 4.69) is 36.0 Å². The molecular weight excluding hydrogens is 602 g/mol. The Morgan fingerprint density at radius 2 is 1.74 bits per heavy atom. The third-order valence-electron chi connectivity index (χ3n) is 7.34. The fourth-order valence-corrected chi connectivity index (χ4v) is 7.07. The second kappa shape index (κ2) is 11.3. The highest BCUT2D eigenvalue weighted by molar-refractivity contribution is 8.00. The third-order valence-corrected chi connectivity index (χ3v) is 9.72. The van der Waals surface area contributed by atoms with Gasteiger partial charge in [0.15, 0.2) is 10.1 Å². The zero-order valence-corrected chi connectivity index (χ0v) is 26.3. The number of nitrogens with zero attached hydrogens (tertiary/aromatic N) is 5. The van der Waals surface area contributed by atoms with E-state index >= 15 is 0 Å². The molecule has 6 rings (SSSR count). The quantitative estimate of drug-likeness (QED) is 0.0688. The summed E-state index contributed by atoms with van der Waals surface area (Å²) in [6.07, 6.45) is 1.77. The van der Waals surface area contributed by atoms with Gasteiger partial charge in [0.1, 0.15) is 11.3 Å². The number of aryl methyl sites for hydroxylation is 1. The molecule has 2 aromatic carbocycles. The average molecular weight is 630 g/mol. The molecule has 1 aliphatic rings. The Morgan fingerprint density at radius 3 is 2.44 bits per heavy atom. The number of thioether (sulfide) groups is 1. The third kappa shape index (κ3) is 5.46. The van der Waals surface area contributed by atoms with Crippen molar-refractivity contribution in [3.63, 3.8) is 0 Å². The van der Waals surface area contributed by atoms with Gasteiger partial charge in [-0.3, -0.25) is 18.9 Å². The van der Waals surface area contributed by atoms with Crippen LogP contribution in [0, 0.1) is 6.92 Å². The topological polar surface area (TPSA) is 101 Å². The lowest BCUT2D eigenvalue weighted by molar-refractivity contribution is -0.132. The van der Waals surface area contributed by atoms with Crippen molar-refractivity contribution in [1.82, 2.24) is 19.6 Å². The molecule has 1 amide bonds. The fraction of sp³-hybridized carbons (Fsp3) is 0.219. The molecule has 1 fully saturated rings. The molecule has 1 atom stereocenters. The number of aromatic nitrogens is 4. The first-order chi connectivity index (χ1) is 20.5. The Balaban J connectivity index is 1.44. The Labute approximate surface area is 262 Å². The van der Waals surface area contributed by atoms with Crippen LogP contribution in [0.15, 0.2) is 82.8 Å². The summed E-state index contributed by atoms with van der Waals surface area (Å²) < 4.78 is 2.36. The smallest absolute Gasteiger partial charge is 0.301 e. The Bertz CT molecular complexity index is 1890. The number of carbonyl (C=O) groups is 2. The molecule has 0 saturated carbocycles. The van der Waals surface area contributed by atoms with E-state index in [1.165, 1.54) is 28.0 Å². The van der Waals surface area contributed by atoms with Crippen molar-refractivity contribution in [2.24, 2.45) is 0 Å². The second-order valence-electron chi connectivity index (χ2n) is 11.3. The normalized spacial score (nSPS) is 16.9. The van der Waals surface area contributed by atoms with Gasteiger partial charge < -0.3 is 5.11 Å². The molecule has 1 N–H and O–H groups in total. The summed E-state index contributed by atoms with van der Waals surface area (Å²) in [5, 5.41) is 21.3. The zero-order valence-electron chi connectivity index (χ0n) is 23.9. The number of amides is 1. The largest absolute Gasteiger partial charge is 0.505 e. The van der Waals surface area contributed by atoms with Crippen LogP contribution in [0.3, 0.4) is 0 Å². The lowest BCUT2D eigenvalue weighted by Crippen LogP contribution is -2.29. The number of ketones is 1. The van der Waals surface area contributed by atoms with Crippen LogP contribution in [-0.2, 0) is 20.8 Å². The molecule has 4 heterocycles. The first-order valence-electron chi connectivity index (χ1n) is 13.6. The van der Waals surface area contributed by atoms with Gasteiger partial charge in [0.25, 0.3) is 5.78 Å². The van der Waals surface area contributed by atoms with Crippen molar-refractivity contribution in [3.8, 4) is 0 Å². The highest BCUT2D eigenvalue weighted by Crippen LogP contribution is 2.44. The lowest BCUT2D eigenvalue weighted by Gasteiger charge is -2.24. The summed E-state index contributed by atoms with van der Waals surface area (Å²) in [6.45, 7) is 8.12. The molecule has 8 nitrogen and oxygen atoms in total. The fourth-order valence-electron chi connectivity index (χ4n) is 5.12. The van der Waals surface area contributed by atoms with E-state index < -0.39 is 17.7 Å². The van der Waals surface area contributed by atoms with Gasteiger partial charge in [-0.2, -0.15) is 0 Å². The molecule has 1 aliphatic heterocycles. The SMILES string of the molecule is Cc1nc2ccccn2c1C(O)=C1C(=O)C(=O)N(c2nnc(SCc3ccc(Cl)cc3)s2)C1c1ccc(C(C)(C)C)cc1. The van der Waals surface area contributed by atoms with Gasteiger partial charge in [-0.15, -0.1) is 10.2 Å². The van der Waals surface area contributed by atoms with E-state index in [1.54, 1.807) is 17.5 Å². The van der Waals surface area contributed by atoms with Crippen molar-refractivity contribution < 1.29 is 14.7 Å². The molecule has 43 heavy (non-hydrogen) atoms. The summed E-state index contributed by atoms with van der Waals surface area (Å²) in [6, 6.07) is 19.9. The van der Waals surface area contributed by atoms with Crippen molar-refractivity contribution in [3.05, 3.63) is 112 Å². The van der Waals surface area contributed by atoms with Crippen molar-refractivity contribution in [2.45, 2.75) is 49.2 Å². The van der Waals surface area contributed by atoms with Gasteiger partial charge in [-0.05, 0) is 53.3 Å². The van der Waals surface area contributed by atoms with Crippen LogP contribution in [-0.4, -0.2) is 36.4 Å². The average Bonchev–Trinajstić information content (AvgIpc) is 3.65. The Kier molecular flexibility index (Phi) is 7.62. The molecule has 3 aromatic heterocycles. The molecule has 1 saturated heterocycles. The van der Waals surface area contributed by atoms with Crippen LogP contribution < -0.4 is 4.90 Å². The molecule has 5 aromatic rings. The van der Waals surface area contributed by atoms with Crippen LogP contribution in [0.5, 0.6) is 0 Å². The number of pyridine rings is 1. The number of hydrogen-bond donors (Lipinski definition) is 1. The number of imidazole rings is 1. The number of benzene rings is 2. The second-order valence-corrected chi connectivity index (χ2v) is 13.9. The number of rotatable bonds is 6. The number of fused-ring (bicyclic) bond motifs is 1. The van der Waals surface area contributed by atoms with Crippen LogP contribution in [0.1, 0.15) is 54.9 Å². The molecule has 0 radical (unpaired) electrons. The number of Topliss-reactive ketones (excluding diaryl/α,β-unsaturated/α-hetero) is 1. The summed E-state index contributed by atoms with van der Waals surface area (Å²) in [4.78, 5) is 33.3. The van der Waals surface area contributed by atoms with E-state index in [-0.39, 0.29) is 21.9 Å². The van der Waals surface area contributed by atoms with Gasteiger partial charge in [0.2, 0.25) is 5.13 Å². The van der Waals surface area contributed by atoms with Crippen LogP contribution in [0.2, 0.25) is 5.02 Å². The highest BCUT2D eigenvalue weighted by Gasteiger charge is 2.49. The minimum atomic E-state index is -0.912. The predicted molar refractivity (Wildman–Crippen MR) is 171 cm³/mol. The molecule has 11 heteroatoms. The summed E-state index contributed by atoms with van der Waals surface area (Å²) in [5.74, 6) is -1.22. The monoisotopic (exact) mass is 629 g/mol. The number of carbonyl (C=O) groups excluding carboxylic acids is 2. The first-order valence-corrected chi connectivity index (χ1v) is 15.8. The van der Waals surface area contributed by atoms with Crippen LogP contribution >= 0.6 is 34.7 Å². The molecule has 0 bridgehead atoms. The van der Waals surface area contributed by atoms with Gasteiger partial charge in [0.05, 0.1) is 17.3 Å². The minimum Gasteiger partial charge on any atom is -0.505 e. The maximum Gasteiger partial charge on any atom is 0.301 e. The van der Waals surface area contributed by atoms with Gasteiger partial charge in [0, 0.05) is 17.0 Å². The van der Waals surface area contributed by atoms with E-state index in [0.717, 1.165) is 11.1 Å². The van der Waals surface area contributed by atoms with E-state index in [4.69, 9.17) is 11.6 Å². The minimum absolute atomic E-state index is 0.0205. The summed E-state index contributed by atoms with van der Waals surface area (Å²) >= 11 is 8.71. The predicted octanol–water partition coefficient (Wildman–Crippen LogP) is 7.36. The van der Waals surface area contributed by atoms with E-state index in [0.29, 0.717) is 37.7 Å². The zero-order chi connectivity index (χ0) is 30.5. The number of anilines is 1. The van der Waals surface area contributed by atoms with Crippen molar-refractivity contribution in [1.29, 1.82) is 0 Å². The van der Waals surface area contributed by atoms with Crippen LogP contribution in [0.25, 0.3) is 11.4 Å². The standard InChI is InChI=1S/C32H28ClN5O3S2/c1-18-25(37-16-6-5-7-23(37)34-18)27(39)24-26(20-10-12-21(13-11-20)32(2,3)4)38(29(41)28(24)40)30-35-36-31(43-30)42-17-19-8-14-22(33)15-9-19/h5-16,26,39H,17H2,1-4H3. The van der Waals surface area contributed by atoms with Gasteiger partial charge >= 0.3 is 5.91 Å². The number of halogens is 1. The number of aliphatic hydroxyl groups excluding tert-OH is 1. The first kappa shape index (κ1) is 29.1. The van der Waals surface area contributed by atoms with Crippen LogP contribution in [0.4, 0.5) is 5.13 Å². The van der Waals surface area contributed by atoms with Crippen molar-refractivity contribution >= 4 is 62.9 Å². The molecule has 0 spiro atoms. The summed E-state index contributed by atoms with van der Waals surface area (Å²) in [7, 11) is 0. The van der Waals surface area contributed by atoms with Gasteiger partial charge in [-0.25, -0.2) is 4.98 Å². The molecule has 0 aliphatic carbocycles. The van der Waals surface area contributed by atoms with E-state index in [9.17, 15) is 14.7 Å². The molecule has 1 unspecified atom stereocenters. The highest BCUT2D eigenvalue weighted by atomic mass is 35.5. The van der Waals surface area contributed by atoms with E-state index in [1.807, 2.05) is 66.7 Å². The summed E-state index contributed by atoms with van der Waals surface area (Å²) in [5.41, 5.74) is 4.24. The maximum atomic E-state index is 13.7. The maximum absolute atomic E-state index is 13.7. The van der Waals surface area contributed by atoms with Crippen molar-refractivity contribution in [2.75, 3.05) is 4.90 Å². The Morgan fingerprint density at radius 1 is 1.02 bits per heavy atom. The number of aliphatic hydroxyl groups is 1. The Hall–Kier alpha value is -3.99. The lowest BCUT2D eigenvalue weighted by atomic mass is 9.85. The van der Waals surface area contributed by atoms with Gasteiger partial charge in [-0.1, -0.05) is 97.9 Å². The molecule has 218 valence electrons. The number of hydrogen-bond acceptors (Lipinski definition) is 8.